The molecule has 1 aromatic rings. The maximum absolute atomic E-state index is 5.89. The predicted octanol–water partition coefficient (Wildman–Crippen LogP) is 2.36. The van der Waals surface area contributed by atoms with Crippen molar-refractivity contribution in [3.8, 4) is 0 Å². The van der Waals surface area contributed by atoms with Crippen LogP contribution in [0, 0.1) is 5.92 Å². The predicted molar refractivity (Wildman–Crippen MR) is 64.5 cm³/mol. The summed E-state index contributed by atoms with van der Waals surface area (Å²) in [6.45, 7) is 7.49. The van der Waals surface area contributed by atoms with E-state index in [1.807, 2.05) is 6.07 Å². The van der Waals surface area contributed by atoms with Crippen LogP contribution < -0.4 is 11.1 Å². The van der Waals surface area contributed by atoms with E-state index < -0.39 is 0 Å². The topological polar surface area (TPSA) is 50.9 Å². The number of pyridine rings is 1. The molecule has 0 bridgehead atoms. The molecule has 0 aromatic carbocycles. The largest absolute Gasteiger partial charge is 0.383 e. The van der Waals surface area contributed by atoms with Crippen LogP contribution in [0.3, 0.4) is 0 Å². The van der Waals surface area contributed by atoms with Gasteiger partial charge in [-0.1, -0.05) is 33.3 Å². The number of rotatable bonds is 5. The first-order valence-corrected chi connectivity index (χ1v) is 5.64. The van der Waals surface area contributed by atoms with E-state index in [1.54, 1.807) is 6.20 Å². The van der Waals surface area contributed by atoms with Crippen LogP contribution in [-0.4, -0.2) is 11.5 Å². The van der Waals surface area contributed by atoms with Crippen molar-refractivity contribution in [3.63, 3.8) is 0 Å². The second-order valence-corrected chi connectivity index (χ2v) is 3.90. The minimum absolute atomic E-state index is 0.314. The summed E-state index contributed by atoms with van der Waals surface area (Å²) in [5.74, 6) is 1.21. The molecule has 1 rings (SSSR count). The summed E-state index contributed by atoms with van der Waals surface area (Å²) in [5.41, 5.74) is 7.01. The fraction of sp³-hybridized carbons (Fsp3) is 0.583. The summed E-state index contributed by atoms with van der Waals surface area (Å²) < 4.78 is 0. The Bertz CT molecular complexity index is 299. The highest BCUT2D eigenvalue weighted by molar-refractivity contribution is 5.41. The Kier molecular flexibility index (Phi) is 4.56. The maximum atomic E-state index is 5.89. The zero-order chi connectivity index (χ0) is 11.3. The second kappa shape index (κ2) is 5.71. The number of nitrogen functional groups attached to an aromatic ring is 1. The summed E-state index contributed by atoms with van der Waals surface area (Å²) in [6, 6.07) is 4.31. The fourth-order valence-electron chi connectivity index (χ4n) is 1.77. The molecule has 1 aromatic heterocycles. The van der Waals surface area contributed by atoms with Crippen LogP contribution in [0.4, 0.5) is 5.82 Å². The van der Waals surface area contributed by atoms with Crippen molar-refractivity contribution in [2.24, 2.45) is 5.92 Å². The molecule has 0 amide bonds. The van der Waals surface area contributed by atoms with E-state index in [0.717, 1.165) is 18.5 Å². The molecule has 0 aliphatic heterocycles. The maximum Gasteiger partial charge on any atom is 0.128 e. The van der Waals surface area contributed by atoms with Crippen LogP contribution in [0.5, 0.6) is 0 Å². The van der Waals surface area contributed by atoms with Crippen molar-refractivity contribution in [2.45, 2.75) is 33.2 Å². The van der Waals surface area contributed by atoms with Gasteiger partial charge in [0.1, 0.15) is 5.82 Å². The molecule has 84 valence electrons. The van der Waals surface area contributed by atoms with Crippen molar-refractivity contribution < 1.29 is 0 Å². The number of hydrogen-bond acceptors (Lipinski definition) is 3. The van der Waals surface area contributed by atoms with Gasteiger partial charge in [0.2, 0.25) is 0 Å². The van der Waals surface area contributed by atoms with Gasteiger partial charge < -0.3 is 11.1 Å². The van der Waals surface area contributed by atoms with E-state index in [9.17, 15) is 0 Å². The number of nitrogens with one attached hydrogen (secondary N) is 1. The van der Waals surface area contributed by atoms with Gasteiger partial charge in [0, 0.05) is 17.8 Å². The van der Waals surface area contributed by atoms with Gasteiger partial charge in [-0.3, -0.25) is 0 Å². The van der Waals surface area contributed by atoms with Crippen molar-refractivity contribution in [2.75, 3.05) is 12.3 Å². The van der Waals surface area contributed by atoms with E-state index >= 15 is 0 Å². The molecule has 0 saturated carbocycles. The summed E-state index contributed by atoms with van der Waals surface area (Å²) >= 11 is 0. The lowest BCUT2D eigenvalue weighted by molar-refractivity contribution is 0.384. The lowest BCUT2D eigenvalue weighted by Crippen LogP contribution is -2.27. The zero-order valence-corrected chi connectivity index (χ0v) is 9.83. The van der Waals surface area contributed by atoms with E-state index in [0.29, 0.717) is 17.8 Å². The summed E-state index contributed by atoms with van der Waals surface area (Å²) in [4.78, 5) is 4.14. The molecule has 2 atom stereocenters. The highest BCUT2D eigenvalue weighted by Gasteiger charge is 2.19. The smallest absolute Gasteiger partial charge is 0.128 e. The van der Waals surface area contributed by atoms with Gasteiger partial charge in [0.05, 0.1) is 0 Å². The molecule has 0 radical (unpaired) electrons. The van der Waals surface area contributed by atoms with Crippen molar-refractivity contribution in [1.29, 1.82) is 0 Å². The molecular weight excluding hydrogens is 186 g/mol. The van der Waals surface area contributed by atoms with Crippen molar-refractivity contribution in [3.05, 3.63) is 23.9 Å². The highest BCUT2D eigenvalue weighted by Crippen LogP contribution is 2.26. The Morgan fingerprint density at radius 2 is 2.20 bits per heavy atom. The summed E-state index contributed by atoms with van der Waals surface area (Å²) in [5, 5.41) is 3.47. The number of aromatic nitrogens is 1. The Labute approximate surface area is 92.1 Å². The summed E-state index contributed by atoms with van der Waals surface area (Å²) in [6.07, 6.45) is 2.87. The van der Waals surface area contributed by atoms with Gasteiger partial charge in [-0.15, -0.1) is 0 Å². The number of anilines is 1. The Balaban J connectivity index is 2.93. The molecule has 0 fully saturated rings. The van der Waals surface area contributed by atoms with E-state index in [4.69, 9.17) is 5.73 Å². The minimum Gasteiger partial charge on any atom is -0.383 e. The number of nitrogens with two attached hydrogens (primary N) is 1. The molecule has 0 spiro atoms. The molecule has 1 heterocycles. The molecular formula is C12H21N3. The van der Waals surface area contributed by atoms with Crippen LogP contribution in [-0.2, 0) is 0 Å². The van der Waals surface area contributed by atoms with Crippen LogP contribution in [0.2, 0.25) is 0 Å². The molecule has 3 heteroatoms. The Hall–Kier alpha value is -1.09. The van der Waals surface area contributed by atoms with Crippen LogP contribution >= 0.6 is 0 Å². The van der Waals surface area contributed by atoms with Crippen molar-refractivity contribution >= 4 is 5.82 Å². The Morgan fingerprint density at radius 1 is 1.47 bits per heavy atom. The molecule has 15 heavy (non-hydrogen) atoms. The van der Waals surface area contributed by atoms with E-state index in [-0.39, 0.29) is 0 Å². The Morgan fingerprint density at radius 3 is 2.73 bits per heavy atom. The summed E-state index contributed by atoms with van der Waals surface area (Å²) in [7, 11) is 0. The lowest BCUT2D eigenvalue weighted by atomic mass is 9.93. The number of nitrogens with zero attached hydrogens (tertiary/aromatic N) is 1. The zero-order valence-electron chi connectivity index (χ0n) is 9.83. The molecule has 0 aliphatic carbocycles. The van der Waals surface area contributed by atoms with Crippen LogP contribution in [0.1, 0.15) is 38.8 Å². The van der Waals surface area contributed by atoms with Gasteiger partial charge in [-0.2, -0.15) is 0 Å². The van der Waals surface area contributed by atoms with Gasteiger partial charge in [0.25, 0.3) is 0 Å². The molecule has 3 N–H and O–H groups in total. The third kappa shape index (κ3) is 2.93. The first-order valence-electron chi connectivity index (χ1n) is 5.64. The number of hydrogen-bond donors (Lipinski definition) is 2. The van der Waals surface area contributed by atoms with Gasteiger partial charge in [-0.05, 0) is 18.5 Å². The first kappa shape index (κ1) is 12.0. The standard InChI is InChI=1S/C12H21N3/c1-4-9(3)11(14-5-2)10-7-6-8-15-12(10)13/h6-9,11,14H,4-5H2,1-3H3,(H2,13,15). The van der Waals surface area contributed by atoms with Gasteiger partial charge in [0.15, 0.2) is 0 Å². The van der Waals surface area contributed by atoms with Gasteiger partial charge in [-0.25, -0.2) is 4.98 Å². The van der Waals surface area contributed by atoms with Gasteiger partial charge >= 0.3 is 0 Å². The minimum atomic E-state index is 0.314. The molecule has 3 nitrogen and oxygen atoms in total. The van der Waals surface area contributed by atoms with Crippen LogP contribution in [0.25, 0.3) is 0 Å². The van der Waals surface area contributed by atoms with Crippen LogP contribution in [0.15, 0.2) is 18.3 Å². The fourth-order valence-corrected chi connectivity index (χ4v) is 1.77. The lowest BCUT2D eigenvalue weighted by Gasteiger charge is -2.24. The average molecular weight is 207 g/mol. The highest BCUT2D eigenvalue weighted by atomic mass is 14.9. The van der Waals surface area contributed by atoms with E-state index in [2.05, 4.69) is 37.1 Å². The quantitative estimate of drug-likeness (QED) is 0.779. The molecule has 2 unspecified atom stereocenters. The average Bonchev–Trinajstić information content (AvgIpc) is 2.26. The normalized spacial score (nSPS) is 14.9. The molecule has 0 aliphatic rings. The third-order valence-electron chi connectivity index (χ3n) is 2.84. The SMILES string of the molecule is CCNC(c1cccnc1N)C(C)CC. The second-order valence-electron chi connectivity index (χ2n) is 3.90. The van der Waals surface area contributed by atoms with Crippen molar-refractivity contribution in [1.82, 2.24) is 10.3 Å². The third-order valence-corrected chi connectivity index (χ3v) is 2.84. The molecule has 0 saturated heterocycles. The first-order chi connectivity index (χ1) is 7.20. The monoisotopic (exact) mass is 207 g/mol. The van der Waals surface area contributed by atoms with E-state index in [1.165, 1.54) is 0 Å².